The topological polar surface area (TPSA) is 9.23 Å². The fourth-order valence-corrected chi connectivity index (χ4v) is 2.35. The molecule has 1 rings (SSSR count). The van der Waals surface area contributed by atoms with Crippen LogP contribution in [0, 0.1) is 6.92 Å². The van der Waals surface area contributed by atoms with E-state index in [4.69, 9.17) is 4.74 Å². The van der Waals surface area contributed by atoms with E-state index in [9.17, 15) is 0 Å². The average Bonchev–Trinajstić information content (AvgIpc) is 2.68. The molecular weight excluding hydrogens is 340 g/mol. The van der Waals surface area contributed by atoms with Gasteiger partial charge in [0.2, 0.25) is 0 Å². The third kappa shape index (κ3) is 11.8. The van der Waals surface area contributed by atoms with Crippen LogP contribution < -0.4 is 0 Å². The first-order chi connectivity index (χ1) is 12.9. The van der Waals surface area contributed by atoms with Gasteiger partial charge in [0.15, 0.2) is 0 Å². The van der Waals surface area contributed by atoms with Crippen molar-refractivity contribution in [2.24, 2.45) is 0 Å². The maximum atomic E-state index is 4.98. The Labute approximate surface area is 177 Å². The van der Waals surface area contributed by atoms with Gasteiger partial charge < -0.3 is 4.74 Å². The molecule has 0 radical (unpaired) electrons. The maximum Gasteiger partial charge on any atom is 0.114 e. The predicted octanol–water partition coefficient (Wildman–Crippen LogP) is 9.27. The van der Waals surface area contributed by atoms with E-state index in [1.54, 1.807) is 7.11 Å². The molecule has 0 amide bonds. The van der Waals surface area contributed by atoms with E-state index in [-0.39, 0.29) is 5.41 Å². The zero-order valence-corrected chi connectivity index (χ0v) is 21.3. The van der Waals surface area contributed by atoms with Gasteiger partial charge in [-0.25, -0.2) is 0 Å². The fraction of sp³-hybridized carbons (Fsp3) is 0.556. The van der Waals surface area contributed by atoms with E-state index >= 15 is 0 Å². The molecule has 0 aliphatic heterocycles. The Morgan fingerprint density at radius 3 is 1.75 bits per heavy atom. The van der Waals surface area contributed by atoms with E-state index < -0.39 is 0 Å². The minimum Gasteiger partial charge on any atom is -0.497 e. The monoisotopic (exact) mass is 388 g/mol. The largest absolute Gasteiger partial charge is 0.497 e. The van der Waals surface area contributed by atoms with Gasteiger partial charge in [0, 0.05) is 0 Å². The second-order valence-electron chi connectivity index (χ2n) is 7.45. The third-order valence-electron chi connectivity index (χ3n) is 4.37. The van der Waals surface area contributed by atoms with Gasteiger partial charge in [0.05, 0.1) is 7.11 Å². The number of ether oxygens (including phenoxy) is 1. The van der Waals surface area contributed by atoms with Crippen molar-refractivity contribution < 1.29 is 4.74 Å². The van der Waals surface area contributed by atoms with Gasteiger partial charge in [-0.2, -0.15) is 0 Å². The molecule has 1 aromatic rings. The second-order valence-corrected chi connectivity index (χ2v) is 7.45. The Morgan fingerprint density at radius 1 is 0.964 bits per heavy atom. The number of hydrogen-bond acceptors (Lipinski definition) is 1. The zero-order valence-electron chi connectivity index (χ0n) is 21.3. The zero-order chi connectivity index (χ0) is 23.1. The first-order valence-corrected chi connectivity index (χ1v) is 10.6. The Bertz CT molecular complexity index is 610. The lowest BCUT2D eigenvalue weighted by Gasteiger charge is -2.22. The normalized spacial score (nSPS) is 10.6. The summed E-state index contributed by atoms with van der Waals surface area (Å²) in [6.07, 6.45) is 1.06. The first kappa shape index (κ1) is 31.0. The van der Waals surface area contributed by atoms with Crippen LogP contribution in [0.2, 0.25) is 0 Å². The molecule has 0 bridgehead atoms. The summed E-state index contributed by atoms with van der Waals surface area (Å²) in [4.78, 5) is 0. The summed E-state index contributed by atoms with van der Waals surface area (Å²) in [5.41, 5.74) is 7.89. The Kier molecular flexibility index (Phi) is 17.9. The highest BCUT2D eigenvalue weighted by Gasteiger charge is 2.16. The molecular formula is C27H48O. The van der Waals surface area contributed by atoms with Gasteiger partial charge in [0.25, 0.3) is 0 Å². The van der Waals surface area contributed by atoms with Gasteiger partial charge in [-0.15, -0.1) is 0 Å². The molecule has 0 saturated heterocycles. The molecule has 0 aliphatic carbocycles. The van der Waals surface area contributed by atoms with E-state index in [2.05, 4.69) is 79.8 Å². The highest BCUT2D eigenvalue weighted by Crippen LogP contribution is 2.28. The minimum atomic E-state index is 0.218. The lowest BCUT2D eigenvalue weighted by atomic mass is 9.83. The van der Waals surface area contributed by atoms with Crippen molar-refractivity contribution in [1.82, 2.24) is 0 Å². The summed E-state index contributed by atoms with van der Waals surface area (Å²) in [7, 11) is 1.65. The number of benzene rings is 1. The smallest absolute Gasteiger partial charge is 0.114 e. The maximum absolute atomic E-state index is 4.98. The number of aryl methyl sites for hydroxylation is 1. The fourth-order valence-electron chi connectivity index (χ4n) is 2.35. The average molecular weight is 389 g/mol. The Hall–Kier alpha value is -1.76. The summed E-state index contributed by atoms with van der Waals surface area (Å²) < 4.78 is 4.98. The van der Waals surface area contributed by atoms with Crippen molar-refractivity contribution >= 4 is 5.57 Å². The van der Waals surface area contributed by atoms with Crippen LogP contribution in [0.15, 0.2) is 48.3 Å². The molecule has 28 heavy (non-hydrogen) atoms. The van der Waals surface area contributed by atoms with Crippen molar-refractivity contribution in [3.63, 3.8) is 0 Å². The quantitative estimate of drug-likeness (QED) is 0.369. The predicted molar refractivity (Wildman–Crippen MR) is 132 cm³/mol. The third-order valence-corrected chi connectivity index (χ3v) is 4.37. The standard InChI is InChI=1S/C14H20.C9H16O.2C2H6/c1-10(2)12-8-7-11(3)13(9-12)14(4,5)6;1-6-7(2)8(3)9(4)10-5;2*1-2/h7-9H,1H2,2-6H3;4,6H2,1-3,5H3;2*1-2H3/b;8-7-;;. The second kappa shape index (κ2) is 16.2. The number of methoxy groups -OCH3 is 1. The number of hydrogen-bond donors (Lipinski definition) is 0. The molecule has 0 unspecified atom stereocenters. The molecule has 1 heteroatoms. The van der Waals surface area contributed by atoms with Crippen LogP contribution in [0.4, 0.5) is 0 Å². The van der Waals surface area contributed by atoms with Crippen molar-refractivity contribution in [3.8, 4) is 0 Å². The summed E-state index contributed by atoms with van der Waals surface area (Å²) in [6.45, 7) is 33.0. The molecule has 0 atom stereocenters. The van der Waals surface area contributed by atoms with Gasteiger partial charge in [-0.1, -0.05) is 97.9 Å². The number of rotatable bonds is 4. The van der Waals surface area contributed by atoms with E-state index in [0.29, 0.717) is 0 Å². The van der Waals surface area contributed by atoms with Crippen molar-refractivity contribution in [2.45, 2.75) is 94.9 Å². The summed E-state index contributed by atoms with van der Waals surface area (Å²) >= 11 is 0. The molecule has 162 valence electrons. The van der Waals surface area contributed by atoms with Crippen LogP contribution in [0.25, 0.3) is 5.57 Å². The van der Waals surface area contributed by atoms with Crippen LogP contribution in [0.5, 0.6) is 0 Å². The van der Waals surface area contributed by atoms with Gasteiger partial charge in [-0.05, 0) is 61.8 Å². The van der Waals surface area contributed by atoms with Gasteiger partial charge >= 0.3 is 0 Å². The molecule has 0 spiro atoms. The lowest BCUT2D eigenvalue weighted by molar-refractivity contribution is 0.302. The van der Waals surface area contributed by atoms with Crippen LogP contribution in [-0.4, -0.2) is 7.11 Å². The Morgan fingerprint density at radius 2 is 1.43 bits per heavy atom. The highest BCUT2D eigenvalue weighted by atomic mass is 16.5. The van der Waals surface area contributed by atoms with Crippen LogP contribution in [-0.2, 0) is 10.2 Å². The number of allylic oxidation sites excluding steroid dienone is 3. The Balaban J connectivity index is -0.000000394. The molecule has 1 aromatic carbocycles. The van der Waals surface area contributed by atoms with Gasteiger partial charge in [-0.3, -0.25) is 0 Å². The van der Waals surface area contributed by atoms with Crippen LogP contribution in [0.3, 0.4) is 0 Å². The molecule has 0 N–H and O–H groups in total. The molecule has 0 fully saturated rings. The summed E-state index contributed by atoms with van der Waals surface area (Å²) in [6, 6.07) is 6.59. The summed E-state index contributed by atoms with van der Waals surface area (Å²) in [5, 5.41) is 0. The molecule has 0 aliphatic rings. The molecule has 0 saturated carbocycles. The minimum absolute atomic E-state index is 0.218. The van der Waals surface area contributed by atoms with Crippen molar-refractivity contribution in [3.05, 3.63) is 65.0 Å². The molecule has 1 nitrogen and oxygen atoms in total. The van der Waals surface area contributed by atoms with E-state index in [1.165, 1.54) is 27.8 Å². The lowest BCUT2D eigenvalue weighted by Crippen LogP contribution is -2.13. The van der Waals surface area contributed by atoms with Crippen molar-refractivity contribution in [2.75, 3.05) is 7.11 Å². The first-order valence-electron chi connectivity index (χ1n) is 10.6. The van der Waals surface area contributed by atoms with Crippen LogP contribution in [0.1, 0.15) is 99.3 Å². The van der Waals surface area contributed by atoms with Gasteiger partial charge in [0.1, 0.15) is 5.76 Å². The van der Waals surface area contributed by atoms with Crippen LogP contribution >= 0.6 is 0 Å². The molecule has 0 aromatic heterocycles. The van der Waals surface area contributed by atoms with E-state index in [1.807, 2.05) is 34.6 Å². The highest BCUT2D eigenvalue weighted by molar-refractivity contribution is 5.63. The molecule has 0 heterocycles. The van der Waals surface area contributed by atoms with E-state index in [0.717, 1.165) is 17.8 Å². The summed E-state index contributed by atoms with van der Waals surface area (Å²) in [5.74, 6) is 0.777. The SMILES string of the molecule is C=C(C)c1ccc(C)c(C(C)(C)C)c1.C=C(OC)/C(C)=C(/C)CC.CC.CC. The van der Waals surface area contributed by atoms with Crippen molar-refractivity contribution in [1.29, 1.82) is 0 Å².